The molecule has 2 nitrogen and oxygen atoms in total. The summed E-state index contributed by atoms with van der Waals surface area (Å²) in [5, 5.41) is 9.05. The first-order chi connectivity index (χ1) is 4.77. The molecule has 2 fully saturated rings. The molecule has 10 heavy (non-hydrogen) atoms. The third-order valence-corrected chi connectivity index (χ3v) is 2.93. The minimum absolute atomic E-state index is 0.0119. The molecule has 1 saturated heterocycles. The Morgan fingerprint density at radius 2 is 2.10 bits per heavy atom. The predicted octanol–water partition coefficient (Wildman–Crippen LogP) is 0.604. The van der Waals surface area contributed by atoms with Gasteiger partial charge in [-0.25, -0.2) is 0 Å². The fourth-order valence-electron chi connectivity index (χ4n) is 1.91. The molecule has 1 unspecified atom stereocenters. The van der Waals surface area contributed by atoms with Crippen LogP contribution in [-0.2, 0) is 0 Å². The maximum atomic E-state index is 9.05. The van der Waals surface area contributed by atoms with E-state index in [4.69, 9.17) is 5.11 Å². The molecular weight excluding hydrogens is 126 g/mol. The van der Waals surface area contributed by atoms with Gasteiger partial charge in [-0.2, -0.15) is 0 Å². The molecule has 1 atom stereocenters. The third-order valence-electron chi connectivity index (χ3n) is 2.93. The maximum Gasteiger partial charge on any atom is 0.0570 e. The van der Waals surface area contributed by atoms with E-state index < -0.39 is 0 Å². The Kier molecular flexibility index (Phi) is 1.46. The number of hydrogen-bond donors (Lipinski definition) is 1. The van der Waals surface area contributed by atoms with E-state index in [0.29, 0.717) is 0 Å². The van der Waals surface area contributed by atoms with Crippen molar-refractivity contribution in [3.05, 3.63) is 0 Å². The SMILES string of the molecule is CC1CCN1C1CC(O)C1. The topological polar surface area (TPSA) is 23.5 Å². The number of hydrogen-bond acceptors (Lipinski definition) is 2. The van der Waals surface area contributed by atoms with Crippen molar-refractivity contribution in [1.82, 2.24) is 4.90 Å². The lowest BCUT2D eigenvalue weighted by Crippen LogP contribution is -2.57. The van der Waals surface area contributed by atoms with Crippen LogP contribution >= 0.6 is 0 Å². The van der Waals surface area contributed by atoms with E-state index in [1.807, 2.05) is 0 Å². The second-order valence-corrected chi connectivity index (χ2v) is 3.65. The molecule has 58 valence electrons. The molecule has 0 radical (unpaired) electrons. The highest BCUT2D eigenvalue weighted by atomic mass is 16.3. The average molecular weight is 141 g/mol. The van der Waals surface area contributed by atoms with Crippen molar-refractivity contribution in [1.29, 1.82) is 0 Å². The van der Waals surface area contributed by atoms with Crippen LogP contribution in [0.2, 0.25) is 0 Å². The van der Waals surface area contributed by atoms with Crippen molar-refractivity contribution in [3.8, 4) is 0 Å². The first kappa shape index (κ1) is 6.62. The highest BCUT2D eigenvalue weighted by Gasteiger charge is 2.38. The summed E-state index contributed by atoms with van der Waals surface area (Å²) in [4.78, 5) is 2.51. The Morgan fingerprint density at radius 3 is 2.40 bits per heavy atom. The molecular formula is C8H15NO. The molecule has 0 bridgehead atoms. The number of rotatable bonds is 1. The van der Waals surface area contributed by atoms with Gasteiger partial charge in [-0.05, 0) is 26.2 Å². The van der Waals surface area contributed by atoms with Crippen molar-refractivity contribution in [3.63, 3.8) is 0 Å². The quantitative estimate of drug-likeness (QED) is 0.578. The van der Waals surface area contributed by atoms with Gasteiger partial charge in [0, 0.05) is 18.6 Å². The van der Waals surface area contributed by atoms with Crippen LogP contribution < -0.4 is 0 Å². The Labute approximate surface area is 61.8 Å². The normalized spacial score (nSPS) is 48.0. The number of likely N-dealkylation sites (tertiary alicyclic amines) is 1. The fourth-order valence-corrected chi connectivity index (χ4v) is 1.91. The number of aliphatic hydroxyl groups excluding tert-OH is 1. The van der Waals surface area contributed by atoms with E-state index in [2.05, 4.69) is 11.8 Å². The lowest BCUT2D eigenvalue weighted by molar-refractivity contribution is -0.0501. The molecule has 1 saturated carbocycles. The van der Waals surface area contributed by atoms with Crippen molar-refractivity contribution >= 4 is 0 Å². The average Bonchev–Trinajstić information content (AvgIpc) is 1.82. The van der Waals surface area contributed by atoms with Crippen LogP contribution in [0.3, 0.4) is 0 Å². The van der Waals surface area contributed by atoms with Gasteiger partial charge >= 0.3 is 0 Å². The van der Waals surface area contributed by atoms with Gasteiger partial charge in [0.05, 0.1) is 6.10 Å². The Balaban J connectivity index is 1.79. The van der Waals surface area contributed by atoms with Crippen LogP contribution in [0.25, 0.3) is 0 Å². The van der Waals surface area contributed by atoms with Gasteiger partial charge in [0.15, 0.2) is 0 Å². The van der Waals surface area contributed by atoms with E-state index in [0.717, 1.165) is 24.9 Å². The first-order valence-corrected chi connectivity index (χ1v) is 4.21. The van der Waals surface area contributed by atoms with Gasteiger partial charge in [0.1, 0.15) is 0 Å². The fraction of sp³-hybridized carbons (Fsp3) is 1.00. The molecule has 2 rings (SSSR count). The van der Waals surface area contributed by atoms with Gasteiger partial charge in [-0.15, -0.1) is 0 Å². The zero-order valence-electron chi connectivity index (χ0n) is 6.45. The second kappa shape index (κ2) is 2.21. The number of aliphatic hydroxyl groups is 1. The van der Waals surface area contributed by atoms with Crippen LogP contribution in [0.4, 0.5) is 0 Å². The molecule has 1 aliphatic carbocycles. The summed E-state index contributed by atoms with van der Waals surface area (Å²) < 4.78 is 0. The summed E-state index contributed by atoms with van der Waals surface area (Å²) in [6.07, 6.45) is 3.40. The van der Waals surface area contributed by atoms with Crippen molar-refractivity contribution in [2.45, 2.75) is 44.4 Å². The minimum Gasteiger partial charge on any atom is -0.393 e. The van der Waals surface area contributed by atoms with Crippen molar-refractivity contribution < 1.29 is 5.11 Å². The molecule has 2 aliphatic rings. The van der Waals surface area contributed by atoms with Crippen LogP contribution in [0.1, 0.15) is 26.2 Å². The zero-order chi connectivity index (χ0) is 7.14. The predicted molar refractivity (Wildman–Crippen MR) is 39.8 cm³/mol. The summed E-state index contributed by atoms with van der Waals surface area (Å²) in [5.74, 6) is 0. The lowest BCUT2D eigenvalue weighted by atomic mass is 9.84. The van der Waals surface area contributed by atoms with Crippen LogP contribution in [0.15, 0.2) is 0 Å². The van der Waals surface area contributed by atoms with Gasteiger partial charge in [-0.1, -0.05) is 0 Å². The first-order valence-electron chi connectivity index (χ1n) is 4.21. The second-order valence-electron chi connectivity index (χ2n) is 3.65. The maximum absolute atomic E-state index is 9.05. The molecule has 0 aromatic carbocycles. The minimum atomic E-state index is 0.0119. The Hall–Kier alpha value is -0.0800. The largest absolute Gasteiger partial charge is 0.393 e. The lowest BCUT2D eigenvalue weighted by Gasteiger charge is -2.49. The summed E-state index contributed by atoms with van der Waals surface area (Å²) in [6, 6.07) is 1.51. The van der Waals surface area contributed by atoms with E-state index in [9.17, 15) is 0 Å². The van der Waals surface area contributed by atoms with Crippen molar-refractivity contribution in [2.24, 2.45) is 0 Å². The van der Waals surface area contributed by atoms with Gasteiger partial charge < -0.3 is 5.11 Å². The van der Waals surface area contributed by atoms with Crippen LogP contribution in [0.5, 0.6) is 0 Å². The third kappa shape index (κ3) is 0.867. The standard InChI is InChI=1S/C8H15NO/c1-6-2-3-9(6)7-4-8(10)5-7/h6-8,10H,2-5H2,1H3. The number of nitrogens with zero attached hydrogens (tertiary/aromatic N) is 1. The van der Waals surface area contributed by atoms with Crippen LogP contribution in [0, 0.1) is 0 Å². The molecule has 2 heteroatoms. The van der Waals surface area contributed by atoms with E-state index >= 15 is 0 Å². The van der Waals surface area contributed by atoms with E-state index in [1.54, 1.807) is 0 Å². The van der Waals surface area contributed by atoms with Gasteiger partial charge in [0.25, 0.3) is 0 Å². The summed E-state index contributed by atoms with van der Waals surface area (Å²) in [6.45, 7) is 3.53. The van der Waals surface area contributed by atoms with Gasteiger partial charge in [0.2, 0.25) is 0 Å². The molecule has 0 aromatic rings. The summed E-state index contributed by atoms with van der Waals surface area (Å²) >= 11 is 0. The Morgan fingerprint density at radius 1 is 1.40 bits per heavy atom. The monoisotopic (exact) mass is 141 g/mol. The van der Waals surface area contributed by atoms with E-state index in [1.165, 1.54) is 13.0 Å². The Bertz CT molecular complexity index is 131. The molecule has 1 heterocycles. The molecule has 1 N–H and O–H groups in total. The van der Waals surface area contributed by atoms with Crippen molar-refractivity contribution in [2.75, 3.05) is 6.54 Å². The zero-order valence-corrected chi connectivity index (χ0v) is 6.45. The van der Waals surface area contributed by atoms with E-state index in [-0.39, 0.29) is 6.10 Å². The van der Waals surface area contributed by atoms with Crippen LogP contribution in [-0.4, -0.2) is 34.7 Å². The summed E-state index contributed by atoms with van der Waals surface area (Å²) in [5.41, 5.74) is 0. The highest BCUT2D eigenvalue weighted by molar-refractivity contribution is 4.93. The highest BCUT2D eigenvalue weighted by Crippen LogP contribution is 2.32. The molecule has 1 aliphatic heterocycles. The van der Waals surface area contributed by atoms with Gasteiger partial charge in [-0.3, -0.25) is 4.90 Å². The molecule has 0 spiro atoms. The molecule has 0 aromatic heterocycles. The smallest absolute Gasteiger partial charge is 0.0570 e. The summed E-state index contributed by atoms with van der Waals surface area (Å²) in [7, 11) is 0. The molecule has 0 amide bonds.